The third-order valence-corrected chi connectivity index (χ3v) is 2.35. The van der Waals surface area contributed by atoms with E-state index in [1.807, 2.05) is 16.9 Å². The SMILES string of the molecule is NCCCc1cccc(-n2cccn2)c1. The van der Waals surface area contributed by atoms with Crippen molar-refractivity contribution in [2.75, 3.05) is 6.54 Å². The molecular weight excluding hydrogens is 186 g/mol. The first kappa shape index (κ1) is 9.93. The molecule has 2 rings (SSSR count). The predicted molar refractivity (Wildman–Crippen MR) is 60.9 cm³/mol. The largest absolute Gasteiger partial charge is 0.330 e. The van der Waals surface area contributed by atoms with Crippen LogP contribution in [0.1, 0.15) is 12.0 Å². The van der Waals surface area contributed by atoms with Gasteiger partial charge < -0.3 is 5.73 Å². The first-order chi connectivity index (χ1) is 7.40. The van der Waals surface area contributed by atoms with Crippen molar-refractivity contribution in [1.29, 1.82) is 0 Å². The maximum Gasteiger partial charge on any atom is 0.0648 e. The van der Waals surface area contributed by atoms with Gasteiger partial charge in [0.25, 0.3) is 0 Å². The van der Waals surface area contributed by atoms with Crippen molar-refractivity contribution in [2.24, 2.45) is 5.73 Å². The lowest BCUT2D eigenvalue weighted by molar-refractivity contribution is 0.826. The number of rotatable bonds is 4. The minimum atomic E-state index is 0.742. The number of nitrogens with two attached hydrogens (primary N) is 1. The van der Waals surface area contributed by atoms with Crippen molar-refractivity contribution in [1.82, 2.24) is 9.78 Å². The second kappa shape index (κ2) is 4.75. The molecule has 0 amide bonds. The number of hydrogen-bond acceptors (Lipinski definition) is 2. The Kier molecular flexibility index (Phi) is 3.15. The summed E-state index contributed by atoms with van der Waals surface area (Å²) in [6.07, 6.45) is 5.79. The summed E-state index contributed by atoms with van der Waals surface area (Å²) in [5.41, 5.74) is 7.91. The standard InChI is InChI=1S/C12H15N3/c13-7-2-5-11-4-1-6-12(10-11)15-9-3-8-14-15/h1,3-4,6,8-10H,2,5,7,13H2. The van der Waals surface area contributed by atoms with Crippen LogP contribution in [0.4, 0.5) is 0 Å². The van der Waals surface area contributed by atoms with Crippen molar-refractivity contribution < 1.29 is 0 Å². The lowest BCUT2D eigenvalue weighted by Crippen LogP contribution is -2.01. The molecule has 1 aromatic heterocycles. The van der Waals surface area contributed by atoms with E-state index in [1.165, 1.54) is 5.56 Å². The van der Waals surface area contributed by atoms with Crippen LogP contribution in [0.3, 0.4) is 0 Å². The van der Waals surface area contributed by atoms with E-state index < -0.39 is 0 Å². The lowest BCUT2D eigenvalue weighted by Gasteiger charge is -2.04. The van der Waals surface area contributed by atoms with Gasteiger partial charge in [0, 0.05) is 12.4 Å². The zero-order valence-corrected chi connectivity index (χ0v) is 8.63. The number of hydrogen-bond donors (Lipinski definition) is 1. The first-order valence-electron chi connectivity index (χ1n) is 5.19. The van der Waals surface area contributed by atoms with E-state index in [0.29, 0.717) is 0 Å². The molecule has 2 aromatic rings. The van der Waals surface area contributed by atoms with E-state index in [4.69, 9.17) is 5.73 Å². The van der Waals surface area contributed by atoms with Crippen molar-refractivity contribution in [3.8, 4) is 5.69 Å². The number of aromatic nitrogens is 2. The fraction of sp³-hybridized carbons (Fsp3) is 0.250. The molecule has 0 bridgehead atoms. The molecule has 0 saturated carbocycles. The van der Waals surface area contributed by atoms with Gasteiger partial charge in [-0.05, 0) is 43.1 Å². The van der Waals surface area contributed by atoms with E-state index in [-0.39, 0.29) is 0 Å². The summed E-state index contributed by atoms with van der Waals surface area (Å²) in [5, 5.41) is 4.20. The third-order valence-electron chi connectivity index (χ3n) is 2.35. The molecule has 3 heteroatoms. The van der Waals surface area contributed by atoms with Crippen molar-refractivity contribution in [2.45, 2.75) is 12.8 Å². The Balaban J connectivity index is 2.19. The predicted octanol–water partition coefficient (Wildman–Crippen LogP) is 1.76. The molecule has 1 aromatic carbocycles. The first-order valence-corrected chi connectivity index (χ1v) is 5.19. The van der Waals surface area contributed by atoms with Crippen LogP contribution in [0.15, 0.2) is 42.7 Å². The Labute approximate surface area is 89.5 Å². The second-order valence-corrected chi connectivity index (χ2v) is 3.51. The molecular formula is C12H15N3. The molecule has 2 N–H and O–H groups in total. The summed E-state index contributed by atoms with van der Waals surface area (Å²) < 4.78 is 1.87. The fourth-order valence-corrected chi connectivity index (χ4v) is 1.58. The molecule has 1 heterocycles. The van der Waals surface area contributed by atoms with E-state index in [0.717, 1.165) is 25.1 Å². The number of benzene rings is 1. The second-order valence-electron chi connectivity index (χ2n) is 3.51. The quantitative estimate of drug-likeness (QED) is 0.819. The fourth-order valence-electron chi connectivity index (χ4n) is 1.58. The zero-order chi connectivity index (χ0) is 10.5. The normalized spacial score (nSPS) is 10.5. The van der Waals surface area contributed by atoms with Gasteiger partial charge in [-0.25, -0.2) is 4.68 Å². The van der Waals surface area contributed by atoms with E-state index in [1.54, 1.807) is 6.20 Å². The summed E-state index contributed by atoms with van der Waals surface area (Å²) >= 11 is 0. The minimum absolute atomic E-state index is 0.742. The van der Waals surface area contributed by atoms with E-state index >= 15 is 0 Å². The smallest absolute Gasteiger partial charge is 0.0648 e. The highest BCUT2D eigenvalue weighted by Gasteiger charge is 1.97. The minimum Gasteiger partial charge on any atom is -0.330 e. The molecule has 0 aliphatic carbocycles. The number of nitrogens with zero attached hydrogens (tertiary/aromatic N) is 2. The van der Waals surface area contributed by atoms with E-state index in [9.17, 15) is 0 Å². The molecule has 0 spiro atoms. The van der Waals surface area contributed by atoms with Crippen molar-refractivity contribution in [3.05, 3.63) is 48.3 Å². The van der Waals surface area contributed by atoms with Gasteiger partial charge in [0.05, 0.1) is 5.69 Å². The van der Waals surface area contributed by atoms with Crippen molar-refractivity contribution >= 4 is 0 Å². The maximum absolute atomic E-state index is 5.49. The van der Waals surface area contributed by atoms with Crippen LogP contribution in [0, 0.1) is 0 Å². The molecule has 0 fully saturated rings. The molecule has 0 aliphatic heterocycles. The highest BCUT2D eigenvalue weighted by Crippen LogP contribution is 2.10. The molecule has 0 unspecified atom stereocenters. The van der Waals surface area contributed by atoms with Gasteiger partial charge >= 0.3 is 0 Å². The Morgan fingerprint density at radius 3 is 2.93 bits per heavy atom. The number of aryl methyl sites for hydroxylation is 1. The summed E-state index contributed by atoms with van der Waals surface area (Å²) in [5.74, 6) is 0. The summed E-state index contributed by atoms with van der Waals surface area (Å²) in [6, 6.07) is 10.3. The monoisotopic (exact) mass is 201 g/mol. The highest BCUT2D eigenvalue weighted by atomic mass is 15.3. The Morgan fingerprint density at radius 2 is 2.20 bits per heavy atom. The zero-order valence-electron chi connectivity index (χ0n) is 8.63. The van der Waals surface area contributed by atoms with E-state index in [2.05, 4.69) is 29.4 Å². The van der Waals surface area contributed by atoms with Crippen LogP contribution < -0.4 is 5.73 Å². The molecule has 78 valence electrons. The summed E-state index contributed by atoms with van der Waals surface area (Å²) in [7, 11) is 0. The maximum atomic E-state index is 5.49. The van der Waals surface area contributed by atoms with Gasteiger partial charge in [0.1, 0.15) is 0 Å². The molecule has 15 heavy (non-hydrogen) atoms. The van der Waals surface area contributed by atoms with Crippen LogP contribution >= 0.6 is 0 Å². The van der Waals surface area contributed by atoms with Gasteiger partial charge in [0.15, 0.2) is 0 Å². The summed E-state index contributed by atoms with van der Waals surface area (Å²) in [4.78, 5) is 0. The molecule has 3 nitrogen and oxygen atoms in total. The van der Waals surface area contributed by atoms with Gasteiger partial charge in [-0.2, -0.15) is 5.10 Å². The van der Waals surface area contributed by atoms with Crippen LogP contribution in [0.25, 0.3) is 5.69 Å². The molecule has 0 radical (unpaired) electrons. The Hall–Kier alpha value is -1.61. The summed E-state index contributed by atoms with van der Waals surface area (Å²) in [6.45, 7) is 0.742. The average molecular weight is 201 g/mol. The van der Waals surface area contributed by atoms with Crippen LogP contribution in [0.2, 0.25) is 0 Å². The average Bonchev–Trinajstić information content (AvgIpc) is 2.80. The Morgan fingerprint density at radius 1 is 1.27 bits per heavy atom. The van der Waals surface area contributed by atoms with Crippen LogP contribution in [-0.2, 0) is 6.42 Å². The lowest BCUT2D eigenvalue weighted by atomic mass is 10.1. The molecule has 0 aliphatic rings. The van der Waals surface area contributed by atoms with Crippen molar-refractivity contribution in [3.63, 3.8) is 0 Å². The molecule has 0 atom stereocenters. The van der Waals surface area contributed by atoms with Gasteiger partial charge in [0.2, 0.25) is 0 Å². The van der Waals surface area contributed by atoms with Crippen LogP contribution in [-0.4, -0.2) is 16.3 Å². The molecule has 0 saturated heterocycles. The van der Waals surface area contributed by atoms with Gasteiger partial charge in [-0.1, -0.05) is 12.1 Å². The van der Waals surface area contributed by atoms with Gasteiger partial charge in [-0.15, -0.1) is 0 Å². The highest BCUT2D eigenvalue weighted by molar-refractivity contribution is 5.35. The third kappa shape index (κ3) is 2.44. The van der Waals surface area contributed by atoms with Crippen LogP contribution in [0.5, 0.6) is 0 Å². The topological polar surface area (TPSA) is 43.8 Å². The van der Waals surface area contributed by atoms with Gasteiger partial charge in [-0.3, -0.25) is 0 Å². The Bertz CT molecular complexity index is 407.